The fourth-order valence-electron chi connectivity index (χ4n) is 1.56. The van der Waals surface area contributed by atoms with Crippen molar-refractivity contribution in [3.63, 3.8) is 0 Å². The number of nitrogens with zero attached hydrogens (tertiary/aromatic N) is 1. The van der Waals surface area contributed by atoms with Crippen LogP contribution in [-0.4, -0.2) is 24.3 Å². The molecule has 0 N–H and O–H groups in total. The Hall–Kier alpha value is -0.250. The van der Waals surface area contributed by atoms with E-state index in [-0.39, 0.29) is 19.0 Å². The largest absolute Gasteiger partial charge is 0.459 e. The normalized spacial score (nSPS) is 27.0. The van der Waals surface area contributed by atoms with E-state index in [0.29, 0.717) is 17.2 Å². The van der Waals surface area contributed by atoms with Gasteiger partial charge in [-0.2, -0.15) is 13.2 Å². The van der Waals surface area contributed by atoms with E-state index in [0.717, 1.165) is 0 Å². The fourth-order valence-corrected chi connectivity index (χ4v) is 1.56. The summed E-state index contributed by atoms with van der Waals surface area (Å²) in [6, 6.07) is 0. The minimum absolute atomic E-state index is 0.173. The molecule has 0 aromatic heterocycles. The van der Waals surface area contributed by atoms with Crippen molar-refractivity contribution in [3.8, 4) is 0 Å². The van der Waals surface area contributed by atoms with Gasteiger partial charge in [-0.3, -0.25) is 0 Å². The number of rotatable bonds is 1. The fraction of sp³-hybridized carbons (Fsp3) is 1.00. The maximum absolute atomic E-state index is 12.1. The van der Waals surface area contributed by atoms with E-state index in [1.807, 2.05) is 13.8 Å². The molecule has 0 spiro atoms. The summed E-state index contributed by atoms with van der Waals surface area (Å²) in [7, 11) is 0. The molecule has 1 unspecified atom stereocenters. The third-order valence-corrected chi connectivity index (χ3v) is 2.53. The second-order valence-electron chi connectivity index (χ2n) is 3.71. The molecule has 1 rings (SSSR count). The van der Waals surface area contributed by atoms with Crippen LogP contribution < -0.4 is 0 Å². The summed E-state index contributed by atoms with van der Waals surface area (Å²) in [5, 5.41) is 0. The number of hydrogen-bond acceptors (Lipinski definition) is 1. The van der Waals surface area contributed by atoms with E-state index >= 15 is 0 Å². The van der Waals surface area contributed by atoms with Gasteiger partial charge in [0.2, 0.25) is 0 Å². The van der Waals surface area contributed by atoms with Gasteiger partial charge in [0.25, 0.3) is 0 Å². The highest BCUT2D eigenvalue weighted by molar-refractivity contribution is 4.78. The maximum Gasteiger partial charge on any atom is 0.459 e. The second kappa shape index (κ2) is 3.24. The molecule has 1 heterocycles. The number of alkyl halides is 3. The molecular formula is C8H14F3N. The van der Waals surface area contributed by atoms with Gasteiger partial charge in [-0.1, -0.05) is 13.8 Å². The van der Waals surface area contributed by atoms with Crippen molar-refractivity contribution >= 4 is 0 Å². The van der Waals surface area contributed by atoms with Gasteiger partial charge < -0.3 is 0 Å². The SMILES string of the molecule is CC(C)C1CCN(C(F)(F)F)C1. The van der Waals surface area contributed by atoms with Crippen molar-refractivity contribution < 1.29 is 13.2 Å². The molecule has 0 saturated carbocycles. The first kappa shape index (κ1) is 9.84. The van der Waals surface area contributed by atoms with Gasteiger partial charge in [0.1, 0.15) is 0 Å². The lowest BCUT2D eigenvalue weighted by atomic mass is 9.95. The predicted molar refractivity (Wildman–Crippen MR) is 40.6 cm³/mol. The van der Waals surface area contributed by atoms with Gasteiger partial charge in [-0.15, -0.1) is 0 Å². The van der Waals surface area contributed by atoms with Crippen molar-refractivity contribution in [1.29, 1.82) is 0 Å². The van der Waals surface area contributed by atoms with Crippen LogP contribution >= 0.6 is 0 Å². The summed E-state index contributed by atoms with van der Waals surface area (Å²) >= 11 is 0. The van der Waals surface area contributed by atoms with Gasteiger partial charge in [0.15, 0.2) is 0 Å². The minimum atomic E-state index is -4.12. The van der Waals surface area contributed by atoms with Gasteiger partial charge in [-0.05, 0) is 18.3 Å². The van der Waals surface area contributed by atoms with Crippen molar-refractivity contribution in [2.75, 3.05) is 13.1 Å². The molecule has 4 heteroatoms. The Morgan fingerprint density at radius 2 is 1.92 bits per heavy atom. The zero-order valence-corrected chi connectivity index (χ0v) is 7.36. The average molecular weight is 181 g/mol. The zero-order chi connectivity index (χ0) is 9.35. The lowest BCUT2D eigenvalue weighted by Gasteiger charge is -2.20. The highest BCUT2D eigenvalue weighted by Crippen LogP contribution is 2.31. The standard InChI is InChI=1S/C8H14F3N/c1-6(2)7-3-4-12(5-7)8(9,10)11/h6-7H,3-5H2,1-2H3. The molecule has 0 amide bonds. The van der Waals surface area contributed by atoms with Crippen LogP contribution in [0.4, 0.5) is 13.2 Å². The number of likely N-dealkylation sites (tertiary alicyclic amines) is 1. The second-order valence-corrected chi connectivity index (χ2v) is 3.71. The Bertz CT molecular complexity index is 153. The van der Waals surface area contributed by atoms with Crippen molar-refractivity contribution in [2.24, 2.45) is 11.8 Å². The molecule has 0 aliphatic carbocycles. The Morgan fingerprint density at radius 1 is 1.33 bits per heavy atom. The molecule has 1 fully saturated rings. The van der Waals surface area contributed by atoms with Crippen LogP contribution in [0.2, 0.25) is 0 Å². The molecule has 1 aliphatic heterocycles. The van der Waals surface area contributed by atoms with Crippen LogP contribution in [0.25, 0.3) is 0 Å². The lowest BCUT2D eigenvalue weighted by molar-refractivity contribution is -0.239. The monoisotopic (exact) mass is 181 g/mol. The van der Waals surface area contributed by atoms with E-state index in [1.165, 1.54) is 0 Å². The molecule has 0 aromatic rings. The quantitative estimate of drug-likeness (QED) is 0.562. The Balaban J connectivity index is 2.46. The first-order valence-corrected chi connectivity index (χ1v) is 4.23. The van der Waals surface area contributed by atoms with E-state index < -0.39 is 6.30 Å². The summed E-state index contributed by atoms with van der Waals surface area (Å²) < 4.78 is 36.4. The van der Waals surface area contributed by atoms with Gasteiger partial charge in [-0.25, -0.2) is 4.90 Å². The molecule has 1 atom stereocenters. The predicted octanol–water partition coefficient (Wildman–Crippen LogP) is 2.48. The van der Waals surface area contributed by atoms with E-state index in [1.54, 1.807) is 0 Å². The smallest absolute Gasteiger partial charge is 0.214 e. The minimum Gasteiger partial charge on any atom is -0.214 e. The Kier molecular flexibility index (Phi) is 2.66. The van der Waals surface area contributed by atoms with Crippen molar-refractivity contribution in [1.82, 2.24) is 4.90 Å². The Morgan fingerprint density at radius 3 is 2.17 bits per heavy atom. The van der Waals surface area contributed by atoms with Crippen LogP contribution in [0.5, 0.6) is 0 Å². The van der Waals surface area contributed by atoms with Gasteiger partial charge in [0, 0.05) is 13.1 Å². The van der Waals surface area contributed by atoms with Gasteiger partial charge >= 0.3 is 6.30 Å². The number of hydrogen-bond donors (Lipinski definition) is 0. The van der Waals surface area contributed by atoms with Crippen LogP contribution in [0, 0.1) is 11.8 Å². The molecule has 12 heavy (non-hydrogen) atoms. The van der Waals surface area contributed by atoms with E-state index in [2.05, 4.69) is 0 Å². The Labute approximate surface area is 70.5 Å². The summed E-state index contributed by atoms with van der Waals surface area (Å²) in [4.78, 5) is 0.609. The zero-order valence-electron chi connectivity index (χ0n) is 7.36. The third-order valence-electron chi connectivity index (χ3n) is 2.53. The highest BCUT2D eigenvalue weighted by Gasteiger charge is 2.42. The molecule has 0 aromatic carbocycles. The third kappa shape index (κ3) is 2.12. The van der Waals surface area contributed by atoms with Crippen molar-refractivity contribution in [2.45, 2.75) is 26.6 Å². The maximum atomic E-state index is 12.1. The van der Waals surface area contributed by atoms with Crippen molar-refractivity contribution in [3.05, 3.63) is 0 Å². The molecule has 1 aliphatic rings. The molecular weight excluding hydrogens is 167 g/mol. The van der Waals surface area contributed by atoms with Crippen LogP contribution in [0.3, 0.4) is 0 Å². The summed E-state index contributed by atoms with van der Waals surface area (Å²) in [6.45, 7) is 4.31. The molecule has 1 saturated heterocycles. The van der Waals surface area contributed by atoms with Crippen LogP contribution in [0.1, 0.15) is 20.3 Å². The summed E-state index contributed by atoms with van der Waals surface area (Å²) in [5.41, 5.74) is 0. The van der Waals surface area contributed by atoms with Crippen LogP contribution in [0.15, 0.2) is 0 Å². The lowest BCUT2D eigenvalue weighted by Crippen LogP contribution is -2.36. The summed E-state index contributed by atoms with van der Waals surface area (Å²) in [6.07, 6.45) is -3.44. The molecule has 0 bridgehead atoms. The highest BCUT2D eigenvalue weighted by atomic mass is 19.4. The first-order valence-electron chi connectivity index (χ1n) is 4.23. The molecule has 0 radical (unpaired) electrons. The van der Waals surface area contributed by atoms with Crippen LogP contribution in [-0.2, 0) is 0 Å². The topological polar surface area (TPSA) is 3.24 Å². The van der Waals surface area contributed by atoms with E-state index in [9.17, 15) is 13.2 Å². The number of halogens is 3. The summed E-state index contributed by atoms with van der Waals surface area (Å²) in [5.74, 6) is 0.573. The van der Waals surface area contributed by atoms with E-state index in [4.69, 9.17) is 0 Å². The average Bonchev–Trinajstić information content (AvgIpc) is 2.30. The van der Waals surface area contributed by atoms with Gasteiger partial charge in [0.05, 0.1) is 0 Å². The molecule has 72 valence electrons. The first-order chi connectivity index (χ1) is 5.41. The molecule has 1 nitrogen and oxygen atoms in total.